The molecule has 6 aliphatic heterocycles. The van der Waals surface area contributed by atoms with E-state index in [2.05, 4.69) is 78.0 Å². The van der Waals surface area contributed by atoms with Crippen molar-refractivity contribution in [1.82, 2.24) is 69.6 Å². The van der Waals surface area contributed by atoms with Gasteiger partial charge in [0, 0.05) is 186 Å². The molecule has 7 aromatic rings. The average Bonchev–Trinajstić information content (AvgIpc) is 1.58. The number of hydrogen-bond acceptors (Lipinski definition) is 32. The number of aliphatic hydroxyl groups is 3. The Morgan fingerprint density at radius 3 is 2.11 bits per heavy atom. The largest absolute Gasteiger partial charge is 0.459 e. The predicted molar refractivity (Wildman–Crippen MR) is 489 cm³/mol. The Morgan fingerprint density at radius 1 is 0.702 bits per heavy atom. The molecule has 3 amide bonds. The summed E-state index contributed by atoms with van der Waals surface area (Å²) in [5, 5.41) is 43.5. The van der Waals surface area contributed by atoms with Crippen LogP contribution < -0.4 is 32.3 Å². The number of Topliss-reactive ketones (excluding diaryl/α,β-unsaturated/α-hetero) is 2. The number of hydrogen-bond donors (Lipinski definition) is 7. The van der Waals surface area contributed by atoms with E-state index in [1.807, 2.05) is 72.9 Å². The predicted octanol–water partition coefficient (Wildman–Crippen LogP) is 7.50. The first-order chi connectivity index (χ1) is 63.1. The molecule has 2 bridgehead atoms. The number of carbonyl (C=O) groups is 6. The fourth-order valence-electron chi connectivity index (χ4n) is 19.3. The van der Waals surface area contributed by atoms with Crippen molar-refractivity contribution in [2.24, 2.45) is 35.3 Å². The van der Waals surface area contributed by atoms with E-state index in [-0.39, 0.29) is 56.1 Å². The topological polar surface area (TPSA) is 458 Å². The molecule has 131 heavy (non-hydrogen) atoms. The molecule has 2 aromatic carbocycles. The van der Waals surface area contributed by atoms with Crippen LogP contribution in [-0.4, -0.2) is 295 Å². The molecule has 706 valence electrons. The minimum atomic E-state index is -2.49. The third kappa shape index (κ3) is 23.7. The zero-order valence-corrected chi connectivity index (χ0v) is 76.7. The van der Waals surface area contributed by atoms with Crippen molar-refractivity contribution < 1.29 is 81.7 Å². The molecule has 36 heteroatoms. The van der Waals surface area contributed by atoms with Crippen molar-refractivity contribution >= 4 is 81.3 Å². The Labute approximate surface area is 764 Å². The zero-order chi connectivity index (χ0) is 92.7. The first-order valence-electron chi connectivity index (χ1n) is 46.2. The number of aromatic nitrogens is 9. The van der Waals surface area contributed by atoms with Gasteiger partial charge < -0.3 is 95.0 Å². The quantitative estimate of drug-likeness (QED) is 0.0158. The van der Waals surface area contributed by atoms with Crippen LogP contribution in [0.15, 0.2) is 120 Å². The van der Waals surface area contributed by atoms with Gasteiger partial charge in [-0.2, -0.15) is 10.1 Å². The summed E-state index contributed by atoms with van der Waals surface area (Å²) in [6.45, 7) is 21.5. The molecular formula is C95H129N19O17. The number of nitrogens with zero attached hydrogens (tertiary/aromatic N) is 15. The minimum absolute atomic E-state index is 0.0356. The van der Waals surface area contributed by atoms with E-state index in [1.165, 1.54) is 23.9 Å². The second-order valence-corrected chi connectivity index (χ2v) is 36.4. The van der Waals surface area contributed by atoms with Crippen LogP contribution in [0.4, 0.5) is 28.5 Å². The molecule has 0 spiro atoms. The maximum atomic E-state index is 14.9. The average molecular weight is 1810 g/mol. The van der Waals surface area contributed by atoms with E-state index in [9.17, 15) is 44.1 Å². The van der Waals surface area contributed by atoms with Crippen molar-refractivity contribution in [2.45, 2.75) is 211 Å². The highest BCUT2D eigenvalue weighted by molar-refractivity contribution is 6.39. The zero-order valence-electron chi connectivity index (χ0n) is 76.7. The smallest absolute Gasteiger partial charge is 0.407 e. The number of rotatable bonds is 21. The SMILES string of the molecule is CO[C@H]1C[C@@H]2CC[C@@H](C)[C@@](O)(O2)C(=O)C(=O)N2CCCC[C@H]2C(=O)O[C@H]([C@H](N)C[C@@H]2CC[C@@H](OC(=O)NCc3cnc(N4CCN(CCOCCN5CCN(c6ncc(C(=O)N7CCc8cc(Cn9nc(-c%10ccc%11oc(N)nc%11c%10)c%10c(N)ncnc%109)ccc8C7)cn6)CC5)CC4)nc3)[C@H](OC)C2)C[C@@H](OC)[C@H](C)/C=C(\C)[C@@H](O)[C@@H](O)C(=O)[C@H](C)C[C@H](C)/C=C/C=CC=C1C. The van der Waals surface area contributed by atoms with Gasteiger partial charge in [0.05, 0.1) is 55.1 Å². The molecule has 0 radical (unpaired) electrons. The first-order valence-corrected chi connectivity index (χ1v) is 46.2. The van der Waals surface area contributed by atoms with E-state index in [0.717, 1.165) is 87.7 Å². The number of piperidine rings is 1. The molecule has 1 aliphatic carbocycles. The molecule has 16 atom stereocenters. The number of nitrogens with one attached hydrogen (secondary N) is 1. The third-order valence-electron chi connectivity index (χ3n) is 27.2. The number of alkyl carbamates (subject to hydrolysis) is 1. The standard InChI is InChI=1S/C95H129N19O17/c1-57-15-11-10-12-16-58(2)76(124-7)47-70-23-18-62(6)95(123,131-70)85(118)89(120)113-27-14-13-17-73(113)90(121)128-78(48-77(125-8)59(3)42-61(5)83(116)84(117)82(115)60(4)41-57)71(96)44-63-20-24-75(79(45-63)126-9)130-94(122)103-51-65-49-99-92(100-50-65)110-33-29-108(30-34-110)37-39-127-40-38-109-31-35-111(36-32-109)93-101-52-69(53-102-93)88(119)112-28-26-66-43-64(19-21-68(66)55-112)54-114-87-80(86(97)104-56-105-87)81(107-114)67-22-25-74-72(46-67)106-91(98)129-74/h10-12,15-16,19,21-22,25,42-43,46,49-50,52-53,56-57,59-60,62-63,70-71,73,75-79,83-84,116-117,123H,13-14,17-18,20,23-24,26-41,44-45,47-48,51,54-55,96H2,1-9H3,(H2,98,106)(H,103,122)(H2,97,104,105)/b12-10?,15-11+,58-16?,61-42+/t57-,59-,60-,62-,63+,70+,71-,73+,75-,76+,77-,78+,79-,83-,84+,95-/m1/s1. The summed E-state index contributed by atoms with van der Waals surface area (Å²) in [6.07, 6.45) is 16.7. The van der Waals surface area contributed by atoms with Crippen LogP contribution in [0.3, 0.4) is 0 Å². The van der Waals surface area contributed by atoms with Crippen LogP contribution in [0.25, 0.3) is 33.4 Å². The summed E-state index contributed by atoms with van der Waals surface area (Å²) < 4.78 is 50.2. The van der Waals surface area contributed by atoms with E-state index in [1.54, 1.807) is 71.9 Å². The number of ketones is 2. The van der Waals surface area contributed by atoms with Crippen LogP contribution >= 0.6 is 0 Å². The molecule has 10 N–H and O–H groups in total. The Bertz CT molecular complexity index is 5230. The van der Waals surface area contributed by atoms with Gasteiger partial charge in [-0.3, -0.25) is 29.0 Å². The lowest BCUT2D eigenvalue weighted by Crippen LogP contribution is -2.61. The number of anilines is 4. The van der Waals surface area contributed by atoms with Gasteiger partial charge >= 0.3 is 12.1 Å². The summed E-state index contributed by atoms with van der Waals surface area (Å²) in [5.41, 5.74) is 28.2. The number of nitrogen functional groups attached to an aromatic ring is 2. The number of esters is 1. The van der Waals surface area contributed by atoms with E-state index in [4.69, 9.17) is 59.9 Å². The highest BCUT2D eigenvalue weighted by Crippen LogP contribution is 2.40. The lowest BCUT2D eigenvalue weighted by molar-refractivity contribution is -0.265. The third-order valence-corrected chi connectivity index (χ3v) is 27.2. The second-order valence-electron chi connectivity index (χ2n) is 36.4. The van der Waals surface area contributed by atoms with Crippen LogP contribution in [0.2, 0.25) is 0 Å². The lowest BCUT2D eigenvalue weighted by atomic mass is 9.80. The number of oxazole rings is 1. The number of ether oxygens (including phenoxy) is 7. The molecule has 0 unspecified atom stereocenters. The summed E-state index contributed by atoms with van der Waals surface area (Å²) in [5.74, 6) is -6.59. The van der Waals surface area contributed by atoms with Gasteiger partial charge in [0.25, 0.3) is 23.6 Å². The summed E-state index contributed by atoms with van der Waals surface area (Å²) in [6, 6.07) is 9.90. The molecule has 11 heterocycles. The number of benzene rings is 2. The second kappa shape index (κ2) is 44.3. The van der Waals surface area contributed by atoms with Gasteiger partial charge in [0.1, 0.15) is 53.8 Å². The summed E-state index contributed by atoms with van der Waals surface area (Å²) >= 11 is 0. The van der Waals surface area contributed by atoms with Crippen molar-refractivity contribution in [1.29, 1.82) is 0 Å². The molecule has 5 fully saturated rings. The number of nitrogens with two attached hydrogens (primary N) is 3. The number of amides is 3. The van der Waals surface area contributed by atoms with E-state index >= 15 is 0 Å². The molecule has 4 saturated heterocycles. The van der Waals surface area contributed by atoms with Gasteiger partial charge in [-0.05, 0) is 142 Å². The van der Waals surface area contributed by atoms with Gasteiger partial charge in [-0.15, -0.1) is 0 Å². The number of aliphatic hydroxyl groups excluding tert-OH is 2. The number of allylic oxidation sites excluding steroid dienone is 5. The lowest BCUT2D eigenvalue weighted by Gasteiger charge is -2.43. The number of carbonyl (C=O) groups excluding carboxylic acids is 6. The monoisotopic (exact) mass is 1810 g/mol. The fraction of sp³-hybridized carbons (Fsp3) is 0.579. The van der Waals surface area contributed by atoms with Gasteiger partial charge in [-0.25, -0.2) is 44.2 Å². The number of cyclic esters (lactones) is 1. The van der Waals surface area contributed by atoms with Crippen molar-refractivity contribution in [3.05, 3.63) is 143 Å². The first kappa shape index (κ1) is 96.4. The Kier molecular flexibility index (Phi) is 32.6. The number of fused-ring (bicyclic) bond motifs is 6. The number of piperazine rings is 2. The fourth-order valence-corrected chi connectivity index (χ4v) is 19.3. The van der Waals surface area contributed by atoms with Crippen LogP contribution in [-0.2, 0) is 78.4 Å². The minimum Gasteiger partial charge on any atom is -0.459 e. The highest BCUT2D eigenvalue weighted by Gasteiger charge is 2.53. The molecule has 14 rings (SSSR count). The molecule has 1 saturated carbocycles. The van der Waals surface area contributed by atoms with E-state index in [0.29, 0.717) is 159 Å². The van der Waals surface area contributed by atoms with Crippen LogP contribution in [0, 0.1) is 29.6 Å². The highest BCUT2D eigenvalue weighted by atomic mass is 16.6. The van der Waals surface area contributed by atoms with E-state index < -0.39 is 114 Å². The van der Waals surface area contributed by atoms with Gasteiger partial charge in [-0.1, -0.05) is 82.4 Å². The molecule has 7 aliphatic rings. The summed E-state index contributed by atoms with van der Waals surface area (Å²) in [4.78, 5) is 129. The summed E-state index contributed by atoms with van der Waals surface area (Å²) in [7, 11) is 4.63. The molecular weight excluding hydrogens is 1680 g/mol. The maximum absolute atomic E-state index is 14.9. The normalized spacial score (nSPS) is 28.1. The van der Waals surface area contributed by atoms with Crippen molar-refractivity contribution in [3.8, 4) is 11.3 Å². The Hall–Kier alpha value is -10.6. The number of methoxy groups -OCH3 is 3. The van der Waals surface area contributed by atoms with Crippen LogP contribution in [0.1, 0.15) is 151 Å². The van der Waals surface area contributed by atoms with Crippen molar-refractivity contribution in [3.63, 3.8) is 0 Å². The Balaban J connectivity index is 0.501. The molecule has 5 aromatic heterocycles. The molecule has 36 nitrogen and oxygen atoms in total. The van der Waals surface area contributed by atoms with Crippen molar-refractivity contribution in [2.75, 3.05) is 134 Å². The van der Waals surface area contributed by atoms with Gasteiger partial charge in [0.15, 0.2) is 17.0 Å². The van der Waals surface area contributed by atoms with Gasteiger partial charge in [0.2, 0.25) is 17.7 Å². The maximum Gasteiger partial charge on any atom is 0.407 e. The Morgan fingerprint density at radius 2 is 1.41 bits per heavy atom. The van der Waals surface area contributed by atoms with Crippen LogP contribution in [0.5, 0.6) is 0 Å².